The molecule has 0 atom stereocenters. The molecule has 1 aliphatic rings. The van der Waals surface area contributed by atoms with Crippen molar-refractivity contribution in [2.24, 2.45) is 0 Å². The number of aromatic amines is 1. The minimum atomic E-state index is -0.444. The molecule has 4 rings (SSSR count). The molecule has 1 aliphatic heterocycles. The highest BCUT2D eigenvalue weighted by Gasteiger charge is 2.19. The van der Waals surface area contributed by atoms with Crippen molar-refractivity contribution in [2.45, 2.75) is 19.5 Å². The summed E-state index contributed by atoms with van der Waals surface area (Å²) in [6.45, 7) is 1.92. The van der Waals surface area contributed by atoms with Crippen molar-refractivity contribution >= 4 is 23.2 Å². The topological polar surface area (TPSA) is 62.1 Å². The van der Waals surface area contributed by atoms with Crippen molar-refractivity contribution < 1.29 is 8.81 Å². The number of hydrogen-bond acceptors (Lipinski definition) is 5. The summed E-state index contributed by atoms with van der Waals surface area (Å²) in [5, 5.41) is 0.274. The highest BCUT2D eigenvalue weighted by molar-refractivity contribution is 7.71. The lowest BCUT2D eigenvalue weighted by Gasteiger charge is -2.27. The highest BCUT2D eigenvalue weighted by atomic mass is 32.1. The zero-order valence-corrected chi connectivity index (χ0v) is 13.5. The van der Waals surface area contributed by atoms with Crippen LogP contribution in [0.25, 0.3) is 11.0 Å². The molecule has 3 aromatic rings. The van der Waals surface area contributed by atoms with E-state index in [0.29, 0.717) is 29.0 Å². The van der Waals surface area contributed by atoms with Crippen LogP contribution in [0.4, 0.5) is 4.39 Å². The highest BCUT2D eigenvalue weighted by Crippen LogP contribution is 2.19. The summed E-state index contributed by atoms with van der Waals surface area (Å²) < 4.78 is 19.4. The summed E-state index contributed by atoms with van der Waals surface area (Å²) in [6, 6.07) is 3.98. The molecule has 1 aromatic carbocycles. The predicted octanol–water partition coefficient (Wildman–Crippen LogP) is 2.94. The Bertz CT molecular complexity index is 1040. The van der Waals surface area contributed by atoms with Crippen molar-refractivity contribution in [1.82, 2.24) is 14.9 Å². The Labute approximate surface area is 141 Å². The monoisotopic (exact) mass is 343 g/mol. The third-order valence-electron chi connectivity index (χ3n) is 4.26. The van der Waals surface area contributed by atoms with Crippen LogP contribution in [-0.4, -0.2) is 21.4 Å². The molecule has 0 saturated heterocycles. The van der Waals surface area contributed by atoms with Gasteiger partial charge in [0, 0.05) is 49.1 Å². The Kier molecular flexibility index (Phi) is 3.74. The standard InChI is InChI=1S/C17H14FN3O2S/c18-12-1-2-15-13(5-12)16(22)11(9-23-15)8-21-4-3-14-10(7-21)6-19-17(24)20-14/h1-2,5-6,9H,3-4,7-8H2,(H,19,20,24). The van der Waals surface area contributed by atoms with E-state index in [1.807, 2.05) is 0 Å². The van der Waals surface area contributed by atoms with Crippen LogP contribution in [0, 0.1) is 10.6 Å². The normalized spacial score (nSPS) is 14.7. The summed E-state index contributed by atoms with van der Waals surface area (Å²) in [7, 11) is 0. The van der Waals surface area contributed by atoms with Crippen LogP contribution < -0.4 is 5.43 Å². The molecule has 7 heteroatoms. The second-order valence-electron chi connectivity index (χ2n) is 5.88. The van der Waals surface area contributed by atoms with E-state index in [-0.39, 0.29) is 10.8 Å². The second-order valence-corrected chi connectivity index (χ2v) is 6.27. The number of hydrogen-bond donors (Lipinski definition) is 1. The number of fused-ring (bicyclic) bond motifs is 2. The maximum absolute atomic E-state index is 13.4. The Hall–Kier alpha value is -2.38. The number of nitrogens with zero attached hydrogens (tertiary/aromatic N) is 2. The Morgan fingerprint density at radius 2 is 2.29 bits per heavy atom. The average molecular weight is 343 g/mol. The minimum absolute atomic E-state index is 0.188. The lowest BCUT2D eigenvalue weighted by atomic mass is 10.1. The lowest BCUT2D eigenvalue weighted by Crippen LogP contribution is -2.32. The number of benzene rings is 1. The van der Waals surface area contributed by atoms with Gasteiger partial charge in [-0.25, -0.2) is 9.37 Å². The van der Waals surface area contributed by atoms with Crippen LogP contribution in [0.2, 0.25) is 0 Å². The first kappa shape index (κ1) is 15.2. The molecule has 0 amide bonds. The van der Waals surface area contributed by atoms with Gasteiger partial charge in [-0.15, -0.1) is 0 Å². The van der Waals surface area contributed by atoms with Crippen molar-refractivity contribution in [1.29, 1.82) is 0 Å². The summed E-state index contributed by atoms with van der Waals surface area (Å²) in [5.41, 5.74) is 2.90. The maximum Gasteiger partial charge on any atom is 0.197 e. The van der Waals surface area contributed by atoms with Crippen LogP contribution in [-0.2, 0) is 19.5 Å². The fraction of sp³-hybridized carbons (Fsp3) is 0.235. The Morgan fingerprint density at radius 1 is 1.42 bits per heavy atom. The van der Waals surface area contributed by atoms with Gasteiger partial charge in [0.25, 0.3) is 0 Å². The third kappa shape index (κ3) is 2.76. The van der Waals surface area contributed by atoms with E-state index in [1.54, 1.807) is 6.20 Å². The molecule has 122 valence electrons. The predicted molar refractivity (Wildman–Crippen MR) is 89.7 cm³/mol. The van der Waals surface area contributed by atoms with Gasteiger partial charge >= 0.3 is 0 Å². The summed E-state index contributed by atoms with van der Waals surface area (Å²) >= 11 is 5.04. The van der Waals surface area contributed by atoms with Crippen molar-refractivity contribution in [3.8, 4) is 0 Å². The zero-order chi connectivity index (χ0) is 16.7. The maximum atomic E-state index is 13.4. The molecule has 0 bridgehead atoms. The summed E-state index contributed by atoms with van der Waals surface area (Å²) in [6.07, 6.45) is 4.06. The molecule has 0 radical (unpaired) electrons. The molecule has 2 aromatic heterocycles. The van der Waals surface area contributed by atoms with Crippen LogP contribution >= 0.6 is 12.2 Å². The van der Waals surface area contributed by atoms with Crippen LogP contribution in [0.15, 0.2) is 39.9 Å². The Morgan fingerprint density at radius 3 is 3.17 bits per heavy atom. The van der Waals surface area contributed by atoms with E-state index in [9.17, 15) is 9.18 Å². The second kappa shape index (κ2) is 5.92. The summed E-state index contributed by atoms with van der Waals surface area (Å²) in [5.74, 6) is -0.444. The van der Waals surface area contributed by atoms with Gasteiger partial charge in [-0.1, -0.05) is 0 Å². The van der Waals surface area contributed by atoms with Gasteiger partial charge in [-0.2, -0.15) is 0 Å². The molecule has 0 aliphatic carbocycles. The van der Waals surface area contributed by atoms with Gasteiger partial charge in [-0.05, 0) is 30.4 Å². The molecule has 24 heavy (non-hydrogen) atoms. The molecule has 0 fully saturated rings. The van der Waals surface area contributed by atoms with Crippen molar-refractivity contribution in [3.05, 3.63) is 68.3 Å². The molecule has 0 spiro atoms. The van der Waals surface area contributed by atoms with E-state index < -0.39 is 5.82 Å². The van der Waals surface area contributed by atoms with Gasteiger partial charge < -0.3 is 9.40 Å². The van der Waals surface area contributed by atoms with E-state index in [0.717, 1.165) is 24.2 Å². The molecule has 0 saturated carbocycles. The smallest absolute Gasteiger partial charge is 0.197 e. The largest absolute Gasteiger partial charge is 0.464 e. The van der Waals surface area contributed by atoms with Crippen LogP contribution in [0.3, 0.4) is 0 Å². The molecule has 3 heterocycles. The lowest BCUT2D eigenvalue weighted by molar-refractivity contribution is 0.240. The van der Waals surface area contributed by atoms with E-state index in [1.165, 1.54) is 24.5 Å². The van der Waals surface area contributed by atoms with Gasteiger partial charge in [0.2, 0.25) is 0 Å². The van der Waals surface area contributed by atoms with Crippen LogP contribution in [0.1, 0.15) is 16.8 Å². The third-order valence-corrected chi connectivity index (χ3v) is 4.46. The van der Waals surface area contributed by atoms with E-state index >= 15 is 0 Å². The van der Waals surface area contributed by atoms with Gasteiger partial charge in [0.05, 0.1) is 11.6 Å². The quantitative estimate of drug-likeness (QED) is 0.725. The number of aromatic nitrogens is 2. The zero-order valence-electron chi connectivity index (χ0n) is 12.7. The Balaban J connectivity index is 1.63. The average Bonchev–Trinajstić information content (AvgIpc) is 2.58. The fourth-order valence-corrected chi connectivity index (χ4v) is 3.21. The van der Waals surface area contributed by atoms with Gasteiger partial charge in [-0.3, -0.25) is 9.69 Å². The molecular weight excluding hydrogens is 329 g/mol. The number of halogens is 1. The number of rotatable bonds is 2. The first-order valence-corrected chi connectivity index (χ1v) is 8.00. The van der Waals surface area contributed by atoms with E-state index in [4.69, 9.17) is 16.6 Å². The molecular formula is C17H14FN3O2S. The van der Waals surface area contributed by atoms with Crippen molar-refractivity contribution in [3.63, 3.8) is 0 Å². The number of nitrogens with one attached hydrogen (secondary N) is 1. The summed E-state index contributed by atoms with van der Waals surface area (Å²) in [4.78, 5) is 21.9. The number of H-pyrrole nitrogens is 1. The molecule has 1 N–H and O–H groups in total. The van der Waals surface area contributed by atoms with Crippen LogP contribution in [0.5, 0.6) is 0 Å². The first-order chi connectivity index (χ1) is 11.6. The molecule has 0 unspecified atom stereocenters. The first-order valence-electron chi connectivity index (χ1n) is 7.59. The molecule has 5 nitrogen and oxygen atoms in total. The van der Waals surface area contributed by atoms with Gasteiger partial charge in [0.1, 0.15) is 11.4 Å². The minimum Gasteiger partial charge on any atom is -0.464 e. The van der Waals surface area contributed by atoms with E-state index in [2.05, 4.69) is 14.9 Å². The van der Waals surface area contributed by atoms with Crippen molar-refractivity contribution in [2.75, 3.05) is 6.54 Å². The SMILES string of the molecule is O=c1c(CN2CCc3[nH]c(=S)ncc3C2)coc2ccc(F)cc12. The van der Waals surface area contributed by atoms with Gasteiger partial charge in [0.15, 0.2) is 10.2 Å². The fourth-order valence-electron chi connectivity index (χ4n) is 3.03.